The highest BCUT2D eigenvalue weighted by molar-refractivity contribution is 8.00. The summed E-state index contributed by atoms with van der Waals surface area (Å²) in [7, 11) is 0. The zero-order valence-corrected chi connectivity index (χ0v) is 14.7. The lowest BCUT2D eigenvalue weighted by atomic mass is 10.2. The van der Waals surface area contributed by atoms with Crippen LogP contribution in [0.2, 0.25) is 0 Å². The minimum Gasteiger partial charge on any atom is -0.427 e. The predicted octanol–water partition coefficient (Wildman–Crippen LogP) is 5.09. The summed E-state index contributed by atoms with van der Waals surface area (Å²) in [6.45, 7) is 8.30. The second-order valence-electron chi connectivity index (χ2n) is 5.39. The highest BCUT2D eigenvalue weighted by Gasteiger charge is 2.22. The Morgan fingerprint density at radius 1 is 1.32 bits per heavy atom. The SMILES string of the molecule is CCC(C)N=NC(C)(CC)SCCC(=O)Oc1ccccc1. The molecule has 122 valence electrons. The lowest BCUT2D eigenvalue weighted by Crippen LogP contribution is -2.18. The quantitative estimate of drug-likeness (QED) is 0.361. The Morgan fingerprint density at radius 3 is 2.59 bits per heavy atom. The van der Waals surface area contributed by atoms with E-state index in [1.54, 1.807) is 23.9 Å². The van der Waals surface area contributed by atoms with Gasteiger partial charge in [0.1, 0.15) is 10.6 Å². The predicted molar refractivity (Wildman–Crippen MR) is 92.5 cm³/mol. The molecular formula is C17H26N2O2S. The molecule has 5 heteroatoms. The molecule has 0 saturated heterocycles. The van der Waals surface area contributed by atoms with E-state index >= 15 is 0 Å². The number of para-hydroxylation sites is 1. The molecule has 2 atom stereocenters. The number of carbonyl (C=O) groups excluding carboxylic acids is 1. The third-order valence-electron chi connectivity index (χ3n) is 3.41. The van der Waals surface area contributed by atoms with Crippen molar-refractivity contribution in [3.05, 3.63) is 30.3 Å². The van der Waals surface area contributed by atoms with Gasteiger partial charge in [-0.05, 0) is 38.8 Å². The maximum atomic E-state index is 11.8. The maximum Gasteiger partial charge on any atom is 0.312 e. The number of esters is 1. The molecule has 1 aromatic carbocycles. The lowest BCUT2D eigenvalue weighted by Gasteiger charge is -2.21. The summed E-state index contributed by atoms with van der Waals surface area (Å²) < 4.78 is 5.27. The Bertz CT molecular complexity index is 479. The van der Waals surface area contributed by atoms with Crippen LogP contribution in [-0.2, 0) is 4.79 Å². The van der Waals surface area contributed by atoms with Crippen LogP contribution in [0.15, 0.2) is 40.6 Å². The van der Waals surface area contributed by atoms with Gasteiger partial charge in [0.2, 0.25) is 0 Å². The summed E-state index contributed by atoms with van der Waals surface area (Å²) in [5, 5.41) is 8.80. The number of ether oxygens (including phenoxy) is 1. The van der Waals surface area contributed by atoms with Crippen LogP contribution in [0.5, 0.6) is 5.75 Å². The molecule has 0 aliphatic rings. The van der Waals surface area contributed by atoms with Crippen LogP contribution in [0.1, 0.15) is 47.0 Å². The van der Waals surface area contributed by atoms with Gasteiger partial charge >= 0.3 is 5.97 Å². The topological polar surface area (TPSA) is 51.0 Å². The van der Waals surface area contributed by atoms with Crippen molar-refractivity contribution in [1.82, 2.24) is 0 Å². The molecule has 0 spiro atoms. The van der Waals surface area contributed by atoms with E-state index in [0.29, 0.717) is 17.9 Å². The third kappa shape index (κ3) is 7.07. The number of rotatable bonds is 9. The van der Waals surface area contributed by atoms with Crippen molar-refractivity contribution in [2.24, 2.45) is 10.2 Å². The Balaban J connectivity index is 2.40. The van der Waals surface area contributed by atoms with Crippen molar-refractivity contribution in [3.63, 3.8) is 0 Å². The minimum absolute atomic E-state index is 0.212. The molecule has 1 rings (SSSR count). The van der Waals surface area contributed by atoms with Gasteiger partial charge in [-0.1, -0.05) is 32.0 Å². The zero-order valence-electron chi connectivity index (χ0n) is 13.9. The summed E-state index contributed by atoms with van der Waals surface area (Å²) >= 11 is 1.65. The van der Waals surface area contributed by atoms with E-state index in [9.17, 15) is 4.79 Å². The van der Waals surface area contributed by atoms with E-state index in [4.69, 9.17) is 4.74 Å². The van der Waals surface area contributed by atoms with Gasteiger partial charge in [0.25, 0.3) is 0 Å². The van der Waals surface area contributed by atoms with Gasteiger partial charge < -0.3 is 4.74 Å². The fourth-order valence-corrected chi connectivity index (χ4v) is 2.55. The molecule has 1 aromatic rings. The summed E-state index contributed by atoms with van der Waals surface area (Å²) in [6.07, 6.45) is 2.23. The van der Waals surface area contributed by atoms with Gasteiger partial charge in [-0.25, -0.2) is 0 Å². The molecule has 0 aliphatic heterocycles. The van der Waals surface area contributed by atoms with Crippen molar-refractivity contribution in [2.75, 3.05) is 5.75 Å². The standard InChI is InChI=1S/C17H26N2O2S/c1-5-14(3)18-19-17(4,6-2)22-13-12-16(20)21-15-10-8-7-9-11-15/h7-11,14H,5-6,12-13H2,1-4H3. The molecule has 4 nitrogen and oxygen atoms in total. The van der Waals surface area contributed by atoms with Crippen molar-refractivity contribution >= 4 is 17.7 Å². The molecule has 0 radical (unpaired) electrons. The highest BCUT2D eigenvalue weighted by Crippen LogP contribution is 2.31. The Morgan fingerprint density at radius 2 is 2.00 bits per heavy atom. The second kappa shape index (κ2) is 9.62. The van der Waals surface area contributed by atoms with Crippen molar-refractivity contribution in [3.8, 4) is 5.75 Å². The molecule has 0 aromatic heterocycles. The number of hydrogen-bond donors (Lipinski definition) is 0. The number of carbonyl (C=O) groups is 1. The maximum absolute atomic E-state index is 11.8. The van der Waals surface area contributed by atoms with Gasteiger partial charge in [-0.15, -0.1) is 11.8 Å². The second-order valence-corrected chi connectivity index (χ2v) is 6.96. The molecule has 0 aliphatic carbocycles. The summed E-state index contributed by atoms with van der Waals surface area (Å²) in [6, 6.07) is 9.39. The molecule has 22 heavy (non-hydrogen) atoms. The van der Waals surface area contributed by atoms with Crippen LogP contribution < -0.4 is 4.74 Å². The van der Waals surface area contributed by atoms with Crippen LogP contribution in [-0.4, -0.2) is 22.6 Å². The Hall–Kier alpha value is -1.36. The molecule has 0 bridgehead atoms. The zero-order chi connectivity index (χ0) is 16.4. The molecule has 0 heterocycles. The van der Waals surface area contributed by atoms with E-state index in [2.05, 4.69) is 37.9 Å². The average Bonchev–Trinajstić information content (AvgIpc) is 2.53. The van der Waals surface area contributed by atoms with Crippen molar-refractivity contribution < 1.29 is 9.53 Å². The van der Waals surface area contributed by atoms with Gasteiger partial charge in [-0.2, -0.15) is 10.2 Å². The van der Waals surface area contributed by atoms with Crippen LogP contribution in [0.3, 0.4) is 0 Å². The number of benzene rings is 1. The number of thioether (sulfide) groups is 1. The van der Waals surface area contributed by atoms with E-state index in [1.165, 1.54) is 0 Å². The molecule has 2 unspecified atom stereocenters. The van der Waals surface area contributed by atoms with Crippen LogP contribution >= 0.6 is 11.8 Å². The summed E-state index contributed by atoms with van der Waals surface area (Å²) in [5.74, 6) is 1.05. The fourth-order valence-electron chi connectivity index (χ4n) is 1.53. The molecule has 0 saturated carbocycles. The third-order valence-corrected chi connectivity index (χ3v) is 4.81. The first-order valence-corrected chi connectivity index (χ1v) is 8.79. The monoisotopic (exact) mass is 322 g/mol. The largest absolute Gasteiger partial charge is 0.427 e. The van der Waals surface area contributed by atoms with Gasteiger partial charge in [0.05, 0.1) is 12.5 Å². The van der Waals surface area contributed by atoms with E-state index in [-0.39, 0.29) is 16.9 Å². The highest BCUT2D eigenvalue weighted by atomic mass is 32.2. The van der Waals surface area contributed by atoms with E-state index < -0.39 is 0 Å². The van der Waals surface area contributed by atoms with E-state index in [0.717, 1.165) is 12.8 Å². The summed E-state index contributed by atoms with van der Waals surface area (Å²) in [5.41, 5.74) is 0. The number of hydrogen-bond acceptors (Lipinski definition) is 5. The van der Waals surface area contributed by atoms with Crippen LogP contribution in [0, 0.1) is 0 Å². The molecule has 0 N–H and O–H groups in total. The first kappa shape index (κ1) is 18.7. The van der Waals surface area contributed by atoms with Gasteiger partial charge in [0.15, 0.2) is 0 Å². The average molecular weight is 322 g/mol. The first-order valence-electron chi connectivity index (χ1n) is 7.80. The Labute approximate surface area is 137 Å². The number of nitrogens with zero attached hydrogens (tertiary/aromatic N) is 2. The van der Waals surface area contributed by atoms with Gasteiger partial charge in [-0.3, -0.25) is 4.79 Å². The smallest absolute Gasteiger partial charge is 0.312 e. The number of azo groups is 1. The molecule has 0 fully saturated rings. The van der Waals surface area contributed by atoms with E-state index in [1.807, 2.05) is 18.2 Å². The van der Waals surface area contributed by atoms with Crippen LogP contribution in [0.4, 0.5) is 0 Å². The van der Waals surface area contributed by atoms with Crippen LogP contribution in [0.25, 0.3) is 0 Å². The molecule has 0 amide bonds. The normalized spacial score (nSPS) is 15.5. The van der Waals surface area contributed by atoms with Gasteiger partial charge in [0, 0.05) is 5.75 Å². The fraction of sp³-hybridized carbons (Fsp3) is 0.588. The lowest BCUT2D eigenvalue weighted by molar-refractivity contribution is -0.133. The molecular weight excluding hydrogens is 296 g/mol. The van der Waals surface area contributed by atoms with Crippen molar-refractivity contribution in [2.45, 2.75) is 57.9 Å². The summed E-state index contributed by atoms with van der Waals surface area (Å²) in [4.78, 5) is 11.5. The van der Waals surface area contributed by atoms with Crippen molar-refractivity contribution in [1.29, 1.82) is 0 Å². The first-order chi connectivity index (χ1) is 10.5. The Kier molecular flexibility index (Phi) is 8.17. The minimum atomic E-state index is -0.267.